The molecule has 0 saturated carbocycles. The number of aryl methyl sites for hydroxylation is 4. The number of carbonyl (C=O) groups excluding carboxylic acids is 4. The molecule has 7 N–H and O–H groups in total. The highest BCUT2D eigenvalue weighted by molar-refractivity contribution is 8.77. The molecule has 2 amide bonds. The maximum atomic E-state index is 14.2. The van der Waals surface area contributed by atoms with E-state index >= 15 is 0 Å². The van der Waals surface area contributed by atoms with E-state index in [1.807, 2.05) is 135 Å². The Morgan fingerprint density at radius 2 is 0.879 bits per heavy atom. The molecule has 22 nitrogen and oxygen atoms in total. The number of aromatic nitrogens is 2. The van der Waals surface area contributed by atoms with Gasteiger partial charge < -0.3 is 60.9 Å². The van der Waals surface area contributed by atoms with Crippen molar-refractivity contribution in [2.24, 2.45) is 5.73 Å². The normalized spacial score (nSPS) is 13.7. The number of piperazine rings is 2. The molecule has 4 heterocycles. The summed E-state index contributed by atoms with van der Waals surface area (Å²) >= 11 is 11.3. The first-order valence-electron chi connectivity index (χ1n) is 37.1. The molecule has 116 heavy (non-hydrogen) atoms. The van der Waals surface area contributed by atoms with Crippen molar-refractivity contribution in [1.82, 2.24) is 34.5 Å². The summed E-state index contributed by atoms with van der Waals surface area (Å²) in [7, 11) is 4.09. The number of amides is 2. The number of anilines is 4. The number of esters is 2. The van der Waals surface area contributed by atoms with Crippen molar-refractivity contribution in [2.75, 3.05) is 103 Å². The fourth-order valence-electron chi connectivity index (χ4n) is 12.8. The molecule has 0 aliphatic carbocycles. The van der Waals surface area contributed by atoms with E-state index in [4.69, 9.17) is 49.1 Å². The molecule has 10 rings (SSSR count). The van der Waals surface area contributed by atoms with Crippen LogP contribution in [0.15, 0.2) is 158 Å². The van der Waals surface area contributed by atoms with Crippen LogP contribution in [0.4, 0.5) is 49.4 Å². The molecule has 0 unspecified atom stereocenters. The van der Waals surface area contributed by atoms with Crippen LogP contribution in [0.5, 0.6) is 11.5 Å². The predicted molar refractivity (Wildman–Crippen MR) is 452 cm³/mol. The fourth-order valence-corrected chi connectivity index (χ4v) is 16.6. The van der Waals surface area contributed by atoms with E-state index in [0.717, 1.165) is 100 Å². The third kappa shape index (κ3) is 28.8. The number of benzene rings is 6. The van der Waals surface area contributed by atoms with Crippen LogP contribution in [-0.4, -0.2) is 167 Å². The highest BCUT2D eigenvalue weighted by atomic mass is 33.1. The number of carboxylic acids is 1. The molecular formula is C82H90F6N12O10S6. The molecule has 2 saturated heterocycles. The number of aliphatic carboxylic acids is 1. The zero-order valence-electron chi connectivity index (χ0n) is 64.2. The van der Waals surface area contributed by atoms with Crippen molar-refractivity contribution in [3.63, 3.8) is 0 Å². The first kappa shape index (κ1) is 89.1. The van der Waals surface area contributed by atoms with Crippen LogP contribution in [0.25, 0.3) is 0 Å². The van der Waals surface area contributed by atoms with Gasteiger partial charge in [0.05, 0.1) is 34.0 Å². The molecule has 0 radical (unpaired) electrons. The number of hydrogen-bond acceptors (Lipinski definition) is 21. The van der Waals surface area contributed by atoms with Gasteiger partial charge in [0.25, 0.3) is 0 Å². The number of nitrogens with zero attached hydrogens (tertiary/aromatic N) is 7. The Labute approximate surface area is 696 Å². The highest BCUT2D eigenvalue weighted by Gasteiger charge is 2.36. The van der Waals surface area contributed by atoms with Crippen LogP contribution >= 0.6 is 67.6 Å². The van der Waals surface area contributed by atoms with Crippen molar-refractivity contribution in [1.29, 1.82) is 0 Å². The van der Waals surface area contributed by atoms with Crippen LogP contribution in [0, 0.1) is 27.7 Å². The molecule has 8 aromatic rings. The molecule has 6 aromatic carbocycles. The first-order valence-corrected chi connectivity index (χ1v) is 42.8. The lowest BCUT2D eigenvalue weighted by Crippen LogP contribution is -2.49. The number of hydrogen-bond donors (Lipinski definition) is 6. The molecule has 2 aliphatic heterocycles. The van der Waals surface area contributed by atoms with Crippen LogP contribution in [0.2, 0.25) is 0 Å². The van der Waals surface area contributed by atoms with Crippen LogP contribution in [-0.2, 0) is 98.4 Å². The lowest BCUT2D eigenvalue weighted by Gasteiger charge is -2.36. The minimum Gasteiger partial charge on any atom is -0.489 e. The fraction of sp³-hybridized carbons (Fsp3) is 0.354. The SMILES string of the molecule is Cc1cc(C)nc(NC(=S)N2CCN(Cc3ccc(C(F)(F)F)c(NC(=O)CSSCC(=O)OCc4cccc(COc5ccccc5CN(CC[C@H](N)C(=O)O)Cc5ccccc5OCc5cccc(COC(=O)CSSCC(=O)Nc6cc(CN7CCN(C(=S)Nc8cc(C)cc(C)n8)CC7)ccc6C(F)(F)F)c5)c4)c3)CC2)c1. The summed E-state index contributed by atoms with van der Waals surface area (Å²) in [5.74, 6) is -1.91. The van der Waals surface area contributed by atoms with Crippen molar-refractivity contribution >= 4 is 131 Å². The minimum absolute atomic E-state index is 0.0668. The van der Waals surface area contributed by atoms with Gasteiger partial charge in [-0.2, -0.15) is 26.3 Å². The van der Waals surface area contributed by atoms with Gasteiger partial charge in [-0.1, -0.05) is 128 Å². The zero-order valence-corrected chi connectivity index (χ0v) is 69.1. The summed E-state index contributed by atoms with van der Waals surface area (Å²) < 4.78 is 109. The van der Waals surface area contributed by atoms with E-state index < -0.39 is 59.2 Å². The number of nitrogens with one attached hydrogen (secondary N) is 4. The number of para-hydroxylation sites is 2. The molecule has 2 fully saturated rings. The molecule has 2 aromatic heterocycles. The summed E-state index contributed by atoms with van der Waals surface area (Å²) in [6.07, 6.45) is -9.32. The Balaban J connectivity index is 0.636. The number of rotatable bonds is 36. The second-order valence-corrected chi connectivity index (χ2v) is 33.5. The van der Waals surface area contributed by atoms with Gasteiger partial charge in [0, 0.05) is 108 Å². The smallest absolute Gasteiger partial charge is 0.418 e. The van der Waals surface area contributed by atoms with Crippen LogP contribution in [0.3, 0.4) is 0 Å². The summed E-state index contributed by atoms with van der Waals surface area (Å²) in [6.45, 7) is 14.3. The van der Waals surface area contributed by atoms with Gasteiger partial charge >= 0.3 is 30.3 Å². The predicted octanol–water partition coefficient (Wildman–Crippen LogP) is 14.9. The number of carbonyl (C=O) groups is 5. The third-order valence-electron chi connectivity index (χ3n) is 18.4. The topological polar surface area (TPSA) is 259 Å². The largest absolute Gasteiger partial charge is 0.489 e. The van der Waals surface area contributed by atoms with E-state index in [1.54, 1.807) is 24.3 Å². The van der Waals surface area contributed by atoms with Gasteiger partial charge in [-0.15, -0.1) is 0 Å². The number of alkyl halides is 6. The van der Waals surface area contributed by atoms with Gasteiger partial charge in [-0.05, 0) is 176 Å². The number of pyridine rings is 2. The summed E-state index contributed by atoms with van der Waals surface area (Å²) in [5.41, 5.74) is 12.9. The van der Waals surface area contributed by atoms with Gasteiger partial charge in [-0.25, -0.2) is 9.97 Å². The lowest BCUT2D eigenvalue weighted by molar-refractivity contribution is -0.142. The van der Waals surface area contributed by atoms with E-state index in [-0.39, 0.29) is 73.8 Å². The maximum Gasteiger partial charge on any atom is 0.418 e. The number of nitrogens with two attached hydrogens (primary N) is 1. The average Bonchev–Trinajstić information content (AvgIpc) is 0.813. The third-order valence-corrected chi connectivity index (χ3v) is 23.3. The monoisotopic (exact) mass is 1710 g/mol. The standard InChI is InChI=1S/C82H90F6N12O10S6/c1-53-33-55(3)90-72(35-53)94-79(111)99-29-25-96(26-30-99)41-57-19-21-65(81(83,84)85)68(39-57)92-74(101)49-113-115-51-76(103)109-47-61-13-9-11-59(37-61)45-107-70-17-7-5-15-63(70)43-98(24-23-67(89)78(105)106)44-64-16-6-8-18-71(64)108-46-60-12-10-14-62(38-60)48-110-77(104)52-116-114-50-75(102)93-69-40-58(20-22-66(69)82(86,87)88)42-97-27-31-100(32-28-97)80(112)95-73-36-54(2)34-56(4)91-73/h5-22,33-40,67H,23-32,41-52,89H2,1-4H3,(H,92,101)(H,93,102)(H,105,106)(H,90,94,111)(H,91,95,112)/t67-/m0/s1. The molecule has 2 aliphatic rings. The van der Waals surface area contributed by atoms with Crippen LogP contribution < -0.4 is 36.5 Å². The van der Waals surface area contributed by atoms with Gasteiger partial charge in [0.2, 0.25) is 11.8 Å². The molecule has 0 spiro atoms. The lowest BCUT2D eigenvalue weighted by atomic mass is 10.1. The van der Waals surface area contributed by atoms with E-state index in [2.05, 4.69) is 45.9 Å². The molecule has 34 heteroatoms. The molecule has 1 atom stereocenters. The van der Waals surface area contributed by atoms with Crippen molar-refractivity contribution in [2.45, 2.75) is 105 Å². The second-order valence-electron chi connectivity index (χ2n) is 27.8. The van der Waals surface area contributed by atoms with Gasteiger partial charge in [-0.3, -0.25) is 38.7 Å². The average molecular weight is 1710 g/mol. The quantitative estimate of drug-likeness (QED) is 0.00701. The van der Waals surface area contributed by atoms with Crippen molar-refractivity contribution in [3.05, 3.63) is 236 Å². The maximum absolute atomic E-state index is 14.2. The number of carboxylic acid groups (broad SMARTS) is 1. The molecule has 616 valence electrons. The Bertz CT molecular complexity index is 4430. The van der Waals surface area contributed by atoms with Crippen molar-refractivity contribution < 1.29 is 74.4 Å². The van der Waals surface area contributed by atoms with Crippen molar-refractivity contribution in [3.8, 4) is 11.5 Å². The Hall–Kier alpha value is -9.23. The summed E-state index contributed by atoms with van der Waals surface area (Å²) in [4.78, 5) is 83.2. The zero-order chi connectivity index (χ0) is 82.9. The van der Waals surface area contributed by atoms with E-state index in [0.29, 0.717) is 134 Å². The first-order chi connectivity index (χ1) is 55.5. The van der Waals surface area contributed by atoms with E-state index in [1.165, 1.54) is 24.3 Å². The molecular weight excluding hydrogens is 1620 g/mol. The number of thiocarbonyl (C=S) groups is 2. The van der Waals surface area contributed by atoms with E-state index in [9.17, 15) is 55.4 Å². The summed E-state index contributed by atoms with van der Waals surface area (Å²) in [5, 5.41) is 22.1. The number of halogens is 6. The minimum atomic E-state index is -4.73. The molecule has 0 bridgehead atoms. The summed E-state index contributed by atoms with van der Waals surface area (Å²) in [6, 6.07) is 43.6. The van der Waals surface area contributed by atoms with Crippen LogP contribution in [0.1, 0.15) is 84.6 Å². The Kier molecular flexibility index (Phi) is 33.3. The Morgan fingerprint density at radius 1 is 0.491 bits per heavy atom. The second kappa shape index (κ2) is 43.3. The van der Waals surface area contributed by atoms with Gasteiger partial charge in [0.1, 0.15) is 67.1 Å². The van der Waals surface area contributed by atoms with Gasteiger partial charge in [0.15, 0.2) is 10.2 Å². The number of ether oxygens (including phenoxy) is 4. The highest BCUT2D eigenvalue weighted by Crippen LogP contribution is 2.38. The Morgan fingerprint density at radius 3 is 1.27 bits per heavy atom.